The van der Waals surface area contributed by atoms with Gasteiger partial charge in [0.25, 0.3) is 0 Å². The maximum atomic E-state index is 12.8. The Morgan fingerprint density at radius 2 is 1.69 bits per heavy atom. The van der Waals surface area contributed by atoms with E-state index in [2.05, 4.69) is 29.6 Å². The predicted octanol–water partition coefficient (Wildman–Crippen LogP) is 3.75. The summed E-state index contributed by atoms with van der Waals surface area (Å²) in [4.78, 5) is 27.4. The van der Waals surface area contributed by atoms with Gasteiger partial charge < -0.3 is 15.0 Å². The second-order valence-corrected chi connectivity index (χ2v) is 8.10. The molecule has 1 aliphatic heterocycles. The lowest BCUT2D eigenvalue weighted by atomic mass is 9.90. The van der Waals surface area contributed by atoms with Gasteiger partial charge in [0, 0.05) is 13.1 Å². The van der Waals surface area contributed by atoms with Crippen LogP contribution < -0.4 is 10.1 Å². The Bertz CT molecular complexity index is 859. The van der Waals surface area contributed by atoms with Gasteiger partial charge in [0.05, 0.1) is 24.6 Å². The number of methoxy groups -OCH3 is 1. The molecule has 1 saturated carbocycles. The van der Waals surface area contributed by atoms with Gasteiger partial charge in [-0.2, -0.15) is 0 Å². The number of ether oxygens (including phenoxy) is 1. The van der Waals surface area contributed by atoms with Crippen LogP contribution in [0.15, 0.2) is 54.6 Å². The van der Waals surface area contributed by atoms with Crippen LogP contribution in [0, 0.1) is 17.8 Å². The topological polar surface area (TPSA) is 58.6 Å². The summed E-state index contributed by atoms with van der Waals surface area (Å²) in [6.45, 7) is 1.60. The number of piperidine rings is 1. The molecule has 2 aromatic carbocycles. The van der Waals surface area contributed by atoms with E-state index in [1.807, 2.05) is 35.2 Å². The third-order valence-electron chi connectivity index (χ3n) is 6.10. The van der Waals surface area contributed by atoms with Gasteiger partial charge in [0.1, 0.15) is 5.75 Å². The van der Waals surface area contributed by atoms with Crippen molar-refractivity contribution in [3.8, 4) is 5.75 Å². The Morgan fingerprint density at radius 1 is 1.00 bits per heavy atom. The van der Waals surface area contributed by atoms with E-state index in [4.69, 9.17) is 4.74 Å². The molecule has 0 radical (unpaired) electrons. The second-order valence-electron chi connectivity index (χ2n) is 8.10. The number of hydrogen-bond acceptors (Lipinski definition) is 3. The molecule has 1 saturated heterocycles. The maximum Gasteiger partial charge on any atom is 0.228 e. The van der Waals surface area contributed by atoms with Crippen molar-refractivity contribution in [2.75, 3.05) is 25.5 Å². The molecule has 1 aliphatic carbocycles. The van der Waals surface area contributed by atoms with Crippen LogP contribution in [-0.4, -0.2) is 36.9 Å². The molecule has 2 aliphatic rings. The molecule has 4 rings (SSSR count). The summed E-state index contributed by atoms with van der Waals surface area (Å²) in [7, 11) is 1.58. The highest BCUT2D eigenvalue weighted by Gasteiger charge is 2.49. The first kappa shape index (κ1) is 19.5. The minimum Gasteiger partial charge on any atom is -0.495 e. The lowest BCUT2D eigenvalue weighted by Gasteiger charge is -2.32. The number of nitrogens with one attached hydrogen (secondary N) is 1. The van der Waals surface area contributed by atoms with Crippen LogP contribution in [0.4, 0.5) is 5.69 Å². The van der Waals surface area contributed by atoms with Gasteiger partial charge in [-0.25, -0.2) is 0 Å². The SMILES string of the molecule is COc1ccccc1NC(=O)C1CC1C(=O)N1CCC(Cc2ccccc2)CC1. The van der Waals surface area contributed by atoms with Gasteiger partial charge in [-0.05, 0) is 49.3 Å². The summed E-state index contributed by atoms with van der Waals surface area (Å²) in [6, 6.07) is 17.9. The number of rotatable bonds is 6. The molecule has 0 bridgehead atoms. The number of para-hydroxylation sites is 2. The van der Waals surface area contributed by atoms with E-state index in [-0.39, 0.29) is 23.7 Å². The fraction of sp³-hybridized carbons (Fsp3) is 0.417. The number of carbonyl (C=O) groups is 2. The smallest absolute Gasteiger partial charge is 0.228 e. The van der Waals surface area contributed by atoms with E-state index in [9.17, 15) is 9.59 Å². The van der Waals surface area contributed by atoms with Crippen molar-refractivity contribution >= 4 is 17.5 Å². The molecular weight excluding hydrogens is 364 g/mol. The lowest BCUT2D eigenvalue weighted by molar-refractivity contribution is -0.135. The van der Waals surface area contributed by atoms with Gasteiger partial charge in [0.15, 0.2) is 0 Å². The van der Waals surface area contributed by atoms with Crippen molar-refractivity contribution in [1.82, 2.24) is 4.90 Å². The molecule has 2 aromatic rings. The van der Waals surface area contributed by atoms with Crippen molar-refractivity contribution in [1.29, 1.82) is 0 Å². The largest absolute Gasteiger partial charge is 0.495 e. The van der Waals surface area contributed by atoms with Crippen LogP contribution in [-0.2, 0) is 16.0 Å². The fourth-order valence-corrected chi connectivity index (χ4v) is 4.27. The Morgan fingerprint density at radius 3 is 2.41 bits per heavy atom. The Balaban J connectivity index is 1.25. The molecular formula is C24H28N2O3. The molecule has 2 unspecified atom stereocenters. The number of nitrogens with zero attached hydrogens (tertiary/aromatic N) is 1. The first-order valence-corrected chi connectivity index (χ1v) is 10.4. The van der Waals surface area contributed by atoms with Crippen molar-refractivity contribution in [2.24, 2.45) is 17.8 Å². The molecule has 1 N–H and O–H groups in total. The average molecular weight is 392 g/mol. The summed E-state index contributed by atoms with van der Waals surface area (Å²) in [5.74, 6) is 0.912. The van der Waals surface area contributed by atoms with E-state index in [0.29, 0.717) is 23.8 Å². The van der Waals surface area contributed by atoms with Crippen LogP contribution in [0.25, 0.3) is 0 Å². The summed E-state index contributed by atoms with van der Waals surface area (Å²) in [5.41, 5.74) is 2.02. The second kappa shape index (κ2) is 8.68. The molecule has 2 fully saturated rings. The Kier molecular flexibility index (Phi) is 5.84. The summed E-state index contributed by atoms with van der Waals surface area (Å²) >= 11 is 0. The van der Waals surface area contributed by atoms with E-state index in [1.54, 1.807) is 7.11 Å². The number of benzene rings is 2. The van der Waals surface area contributed by atoms with Gasteiger partial charge in [0.2, 0.25) is 11.8 Å². The van der Waals surface area contributed by atoms with Crippen LogP contribution in [0.2, 0.25) is 0 Å². The predicted molar refractivity (Wildman–Crippen MR) is 113 cm³/mol. The van der Waals surface area contributed by atoms with Gasteiger partial charge in [-0.1, -0.05) is 42.5 Å². The summed E-state index contributed by atoms with van der Waals surface area (Å²) < 4.78 is 5.28. The van der Waals surface area contributed by atoms with E-state index >= 15 is 0 Å². The normalized spacial score (nSPS) is 21.5. The van der Waals surface area contributed by atoms with E-state index < -0.39 is 0 Å². The molecule has 5 heteroatoms. The summed E-state index contributed by atoms with van der Waals surface area (Å²) in [5, 5.41) is 2.91. The third-order valence-corrected chi connectivity index (χ3v) is 6.10. The Labute approximate surface area is 172 Å². The van der Waals surface area contributed by atoms with Crippen LogP contribution >= 0.6 is 0 Å². The minimum atomic E-state index is -0.227. The molecule has 2 atom stereocenters. The number of likely N-dealkylation sites (tertiary alicyclic amines) is 1. The zero-order chi connectivity index (χ0) is 20.2. The maximum absolute atomic E-state index is 12.8. The Hall–Kier alpha value is -2.82. The zero-order valence-corrected chi connectivity index (χ0v) is 16.8. The molecule has 29 heavy (non-hydrogen) atoms. The van der Waals surface area contributed by atoms with Crippen LogP contribution in [0.3, 0.4) is 0 Å². The van der Waals surface area contributed by atoms with Crippen LogP contribution in [0.1, 0.15) is 24.8 Å². The van der Waals surface area contributed by atoms with E-state index in [1.165, 1.54) is 5.56 Å². The monoisotopic (exact) mass is 392 g/mol. The van der Waals surface area contributed by atoms with E-state index in [0.717, 1.165) is 32.4 Å². The molecule has 0 aromatic heterocycles. The number of carbonyl (C=O) groups excluding carboxylic acids is 2. The summed E-state index contributed by atoms with van der Waals surface area (Å²) in [6.07, 6.45) is 3.79. The van der Waals surface area contributed by atoms with Crippen molar-refractivity contribution in [2.45, 2.75) is 25.7 Å². The average Bonchev–Trinajstić information content (AvgIpc) is 3.56. The molecule has 5 nitrogen and oxygen atoms in total. The highest BCUT2D eigenvalue weighted by molar-refractivity contribution is 6.00. The number of anilines is 1. The molecule has 0 spiro atoms. The molecule has 152 valence electrons. The van der Waals surface area contributed by atoms with Crippen molar-refractivity contribution in [3.05, 3.63) is 60.2 Å². The van der Waals surface area contributed by atoms with Crippen molar-refractivity contribution < 1.29 is 14.3 Å². The first-order chi connectivity index (χ1) is 14.2. The number of hydrogen-bond donors (Lipinski definition) is 1. The lowest BCUT2D eigenvalue weighted by Crippen LogP contribution is -2.40. The molecule has 2 amide bonds. The van der Waals surface area contributed by atoms with Gasteiger partial charge in [-0.15, -0.1) is 0 Å². The quantitative estimate of drug-likeness (QED) is 0.815. The molecule has 1 heterocycles. The zero-order valence-electron chi connectivity index (χ0n) is 16.8. The van der Waals surface area contributed by atoms with Crippen molar-refractivity contribution in [3.63, 3.8) is 0 Å². The van der Waals surface area contributed by atoms with Gasteiger partial charge in [-0.3, -0.25) is 9.59 Å². The number of amides is 2. The first-order valence-electron chi connectivity index (χ1n) is 10.4. The fourth-order valence-electron chi connectivity index (χ4n) is 4.27. The standard InChI is InChI=1S/C24H28N2O3/c1-29-22-10-6-5-9-21(22)25-23(27)19-16-20(19)24(28)26-13-11-18(12-14-26)15-17-7-3-2-4-8-17/h2-10,18-20H,11-16H2,1H3,(H,25,27). The van der Waals surface area contributed by atoms with Crippen LogP contribution in [0.5, 0.6) is 5.75 Å². The van der Waals surface area contributed by atoms with Gasteiger partial charge >= 0.3 is 0 Å². The third kappa shape index (κ3) is 4.61. The highest BCUT2D eigenvalue weighted by atomic mass is 16.5. The highest BCUT2D eigenvalue weighted by Crippen LogP contribution is 2.42. The minimum absolute atomic E-state index is 0.0909.